The lowest BCUT2D eigenvalue weighted by molar-refractivity contribution is -0.224. The van der Waals surface area contributed by atoms with E-state index in [-0.39, 0.29) is 12.3 Å². The quantitative estimate of drug-likeness (QED) is 0.0985. The maximum absolute atomic E-state index is 12.7. The van der Waals surface area contributed by atoms with Crippen LogP contribution < -0.4 is 34.2 Å². The van der Waals surface area contributed by atoms with Crippen LogP contribution in [0.5, 0.6) is 0 Å². The zero-order valence-electron chi connectivity index (χ0n) is 23.2. The summed E-state index contributed by atoms with van der Waals surface area (Å²) >= 11 is 0. The number of aromatic amines is 1. The van der Waals surface area contributed by atoms with Gasteiger partial charge in [0.25, 0.3) is 5.56 Å². The molecule has 2 unspecified atom stereocenters. The van der Waals surface area contributed by atoms with Gasteiger partial charge in [-0.05, 0) is 0 Å². The third-order valence-corrected chi connectivity index (χ3v) is 8.57. The molecule has 254 valence electrons. The normalized spacial score (nSPS) is 32.7. The summed E-state index contributed by atoms with van der Waals surface area (Å²) in [5.74, 6) is -1.48. The van der Waals surface area contributed by atoms with Gasteiger partial charge in [-0.25, -0.2) is 13.9 Å². The van der Waals surface area contributed by atoms with Crippen LogP contribution in [0.4, 0.5) is 0 Å². The van der Waals surface area contributed by atoms with Gasteiger partial charge < -0.3 is 62.6 Å². The van der Waals surface area contributed by atoms with Crippen LogP contribution in [-0.4, -0.2) is 114 Å². The molecular formula is C19H36N6O17P2. The number of aromatic nitrogens is 2. The summed E-state index contributed by atoms with van der Waals surface area (Å²) in [6.07, 6.45) is -11.0. The number of aliphatic hydroxyl groups excluding tert-OH is 4. The number of H-pyrrole nitrogens is 1. The topological polar surface area (TPSA) is 385 Å². The van der Waals surface area contributed by atoms with E-state index in [4.69, 9.17) is 14.0 Å². The summed E-state index contributed by atoms with van der Waals surface area (Å²) in [7, 11) is -11.2. The van der Waals surface area contributed by atoms with E-state index in [1.54, 1.807) is 0 Å². The number of hydrogen-bond acceptors (Lipinski definition) is 17. The average molecular weight is 682 g/mol. The summed E-state index contributed by atoms with van der Waals surface area (Å²) in [6.45, 7) is 0.148. The number of aliphatic hydroxyl groups is 4. The zero-order valence-corrected chi connectivity index (χ0v) is 25.0. The summed E-state index contributed by atoms with van der Waals surface area (Å²) in [5, 5.41) is 45.0. The average Bonchev–Trinajstić information content (AvgIpc) is 3.14. The number of carbonyl (C=O) groups is 2. The third kappa shape index (κ3) is 9.78. The van der Waals surface area contributed by atoms with E-state index in [1.165, 1.54) is 0 Å². The van der Waals surface area contributed by atoms with Crippen LogP contribution in [0.25, 0.3) is 0 Å². The van der Waals surface area contributed by atoms with E-state index in [9.17, 15) is 58.5 Å². The number of phosphoric acid groups is 2. The highest BCUT2D eigenvalue weighted by Gasteiger charge is 2.51. The predicted octanol–water partition coefficient (Wildman–Crippen LogP) is -4.18. The molecule has 1 aromatic heterocycles. The zero-order chi connectivity index (χ0) is 31.6. The molecule has 0 bridgehead atoms. The Balaban J connectivity index is 0.00000484. The summed E-state index contributed by atoms with van der Waals surface area (Å²) in [4.78, 5) is 68.7. The fourth-order valence-corrected chi connectivity index (χ4v) is 6.36. The highest BCUT2D eigenvalue weighted by Crippen LogP contribution is 2.61. The van der Waals surface area contributed by atoms with Crippen molar-refractivity contribution in [3.63, 3.8) is 0 Å². The number of nitrogens with zero attached hydrogens (tertiary/aromatic N) is 1. The Morgan fingerprint density at radius 1 is 0.955 bits per heavy atom. The maximum atomic E-state index is 12.7. The second-order valence-corrected chi connectivity index (χ2v) is 12.1. The number of rotatable bonds is 11. The van der Waals surface area contributed by atoms with E-state index < -0.39 is 107 Å². The van der Waals surface area contributed by atoms with Crippen molar-refractivity contribution in [2.24, 2.45) is 0 Å². The molecule has 1 aromatic rings. The van der Waals surface area contributed by atoms with Crippen molar-refractivity contribution >= 4 is 27.5 Å². The molecule has 23 nitrogen and oxygen atoms in total. The molecule has 3 rings (SSSR count). The van der Waals surface area contributed by atoms with Crippen LogP contribution in [0.15, 0.2) is 21.9 Å². The van der Waals surface area contributed by atoms with Crippen LogP contribution in [0.2, 0.25) is 0 Å². The lowest BCUT2D eigenvalue weighted by Crippen LogP contribution is -2.69. The van der Waals surface area contributed by atoms with Crippen molar-refractivity contribution in [1.29, 1.82) is 0 Å². The molecule has 2 aliphatic rings. The van der Waals surface area contributed by atoms with Crippen molar-refractivity contribution in [3.05, 3.63) is 33.1 Å². The smallest absolute Gasteiger partial charge is 0.394 e. The molecule has 0 aromatic carbocycles. The molecule has 0 saturated carbocycles. The van der Waals surface area contributed by atoms with Gasteiger partial charge in [0.2, 0.25) is 11.8 Å². The number of ether oxygens (including phenoxy) is 2. The molecule has 0 spiro atoms. The van der Waals surface area contributed by atoms with Gasteiger partial charge in [0.05, 0.1) is 19.3 Å². The minimum atomic E-state index is -5.66. The van der Waals surface area contributed by atoms with E-state index in [0.717, 1.165) is 30.7 Å². The van der Waals surface area contributed by atoms with E-state index in [1.807, 2.05) is 4.98 Å². The number of nitrogens with one attached hydrogen (secondary N) is 3. The molecule has 2 amide bonds. The summed E-state index contributed by atoms with van der Waals surface area (Å²) in [6, 6.07) is -2.09. The summed E-state index contributed by atoms with van der Waals surface area (Å²) < 4.78 is 50.0. The largest absolute Gasteiger partial charge is 0.483 e. The van der Waals surface area contributed by atoms with Gasteiger partial charge >= 0.3 is 21.3 Å². The van der Waals surface area contributed by atoms with Gasteiger partial charge in [0, 0.05) is 26.1 Å². The first-order valence-electron chi connectivity index (χ1n) is 12.0. The van der Waals surface area contributed by atoms with E-state index in [2.05, 4.69) is 19.5 Å². The van der Waals surface area contributed by atoms with Crippen molar-refractivity contribution in [2.45, 2.75) is 69.0 Å². The molecule has 2 saturated heterocycles. The van der Waals surface area contributed by atoms with Gasteiger partial charge in [0.1, 0.15) is 36.6 Å². The first-order valence-corrected chi connectivity index (χ1v) is 15.0. The monoisotopic (exact) mass is 682 g/mol. The molecule has 0 radical (unpaired) electrons. The molecule has 3 heterocycles. The van der Waals surface area contributed by atoms with Gasteiger partial charge in [-0.3, -0.25) is 33.0 Å². The minimum Gasteiger partial charge on any atom is -0.394 e. The SMILES string of the molecule is CC(=O)N[C@H]1[C@@H](OP(=O)(O)OP(=O)(O)OC[C@H]2O[C@@H](n3ccc(=O)[nH]c3=O)[C@H](O)[C@@H]2O)O[C@H](CO)[C@@H](O)[C@@H]1NC(C)=O.N.N. The van der Waals surface area contributed by atoms with E-state index in [0.29, 0.717) is 0 Å². The van der Waals surface area contributed by atoms with Crippen LogP contribution in [-0.2, 0) is 41.6 Å². The highest BCUT2D eigenvalue weighted by atomic mass is 31.3. The Morgan fingerprint density at radius 2 is 1.55 bits per heavy atom. The predicted molar refractivity (Wildman–Crippen MR) is 142 cm³/mol. The first kappa shape index (κ1) is 39.6. The minimum absolute atomic E-state index is 0. The van der Waals surface area contributed by atoms with Gasteiger partial charge in [0.15, 0.2) is 12.5 Å². The molecular weight excluding hydrogens is 646 g/mol. The lowest BCUT2D eigenvalue weighted by atomic mass is 9.94. The molecule has 0 aliphatic carbocycles. The molecule has 25 heteroatoms. The van der Waals surface area contributed by atoms with Crippen molar-refractivity contribution < 1.29 is 71.8 Å². The Labute approximate surface area is 247 Å². The standard InChI is InChI=1S/C19H30N4O17P2.2H3N/c1-7(25)20-12-13(21-8(2)26)18(38-9(5-24)14(12)28)39-42(34,35)40-41(32,33)36-6-10-15(29)16(30)17(37-10)23-4-3-11(27)22-19(23)31;;/h3-4,9-10,12-18,24,28-30H,5-6H2,1-2H3,(H,20,25)(H,21,26)(H,32,33)(H,34,35)(H,22,27,31);2*1H3/t9-,10-,12-,13-,14-,15-,16-,17-,18-;;/m1../s1. The molecule has 44 heavy (non-hydrogen) atoms. The van der Waals surface area contributed by atoms with Crippen molar-refractivity contribution in [3.8, 4) is 0 Å². The first-order chi connectivity index (χ1) is 19.4. The van der Waals surface area contributed by atoms with Crippen molar-refractivity contribution in [2.75, 3.05) is 13.2 Å². The number of carbonyl (C=O) groups excluding carboxylic acids is 2. The Bertz CT molecular complexity index is 1360. The van der Waals surface area contributed by atoms with Gasteiger partial charge in [-0.1, -0.05) is 0 Å². The Kier molecular flexibility index (Phi) is 14.1. The van der Waals surface area contributed by atoms with Crippen molar-refractivity contribution in [1.82, 2.24) is 32.5 Å². The number of phosphoric ester groups is 2. The van der Waals surface area contributed by atoms with Crippen LogP contribution >= 0.6 is 15.6 Å². The molecule has 2 aliphatic heterocycles. The van der Waals surface area contributed by atoms with Crippen LogP contribution in [0.1, 0.15) is 20.1 Å². The van der Waals surface area contributed by atoms with Gasteiger partial charge in [-0.2, -0.15) is 4.31 Å². The maximum Gasteiger partial charge on any atom is 0.483 e. The highest BCUT2D eigenvalue weighted by molar-refractivity contribution is 7.61. The molecule has 15 N–H and O–H groups in total. The molecule has 11 atom stereocenters. The van der Waals surface area contributed by atoms with Gasteiger partial charge in [-0.15, -0.1) is 0 Å². The fraction of sp³-hybridized carbons (Fsp3) is 0.684. The third-order valence-electron chi connectivity index (χ3n) is 5.97. The van der Waals surface area contributed by atoms with E-state index >= 15 is 0 Å². The Morgan fingerprint density at radius 3 is 2.09 bits per heavy atom. The number of amides is 2. The van der Waals surface area contributed by atoms with Crippen LogP contribution in [0.3, 0.4) is 0 Å². The van der Waals surface area contributed by atoms with Crippen LogP contribution in [0, 0.1) is 0 Å². The second-order valence-electron chi connectivity index (χ2n) is 9.15. The number of hydrogen-bond donors (Lipinski definition) is 11. The Hall–Kier alpha value is -2.44. The summed E-state index contributed by atoms with van der Waals surface area (Å²) in [5.41, 5.74) is -1.76. The molecule has 2 fully saturated rings. The second kappa shape index (κ2) is 15.7. The fourth-order valence-electron chi connectivity index (χ4n) is 4.19. The lowest BCUT2D eigenvalue weighted by Gasteiger charge is -2.44.